The SMILES string of the molecule is CO[C@@H]1[C@H](OC(=O)C[C@@H](c2cn(C[C@H]3CCN(C)C3)cn2)C(C)C)CC[C@]2(CO2)[C@H]1[C@@]1(C)O[C@@H]1CC=C(C)C. The molecule has 1 aromatic heterocycles. The zero-order valence-electron chi connectivity index (χ0n) is 25.0. The molecule has 39 heavy (non-hydrogen) atoms. The monoisotopic (exact) mass is 543 g/mol. The fourth-order valence-electron chi connectivity index (χ4n) is 7.29. The van der Waals surface area contributed by atoms with Gasteiger partial charge in [-0.1, -0.05) is 25.5 Å². The third-order valence-corrected chi connectivity index (χ3v) is 9.70. The maximum Gasteiger partial charge on any atom is 0.306 e. The van der Waals surface area contributed by atoms with E-state index in [2.05, 4.69) is 63.4 Å². The first-order valence-electron chi connectivity index (χ1n) is 14.9. The normalized spacial score (nSPS) is 36.8. The van der Waals surface area contributed by atoms with Gasteiger partial charge in [0.15, 0.2) is 0 Å². The lowest BCUT2D eigenvalue weighted by molar-refractivity contribution is -0.172. The van der Waals surface area contributed by atoms with Crippen LogP contribution in [-0.2, 0) is 30.3 Å². The lowest BCUT2D eigenvalue weighted by Crippen LogP contribution is -2.55. The van der Waals surface area contributed by atoms with Crippen LogP contribution in [0, 0.1) is 17.8 Å². The summed E-state index contributed by atoms with van der Waals surface area (Å²) in [6.45, 7) is 14.7. The summed E-state index contributed by atoms with van der Waals surface area (Å²) < 4.78 is 26.8. The van der Waals surface area contributed by atoms with E-state index in [-0.39, 0.29) is 53.2 Å². The number of ether oxygens (including phenoxy) is 4. The zero-order valence-corrected chi connectivity index (χ0v) is 25.0. The molecule has 4 heterocycles. The zero-order chi connectivity index (χ0) is 27.9. The molecule has 3 saturated heterocycles. The van der Waals surface area contributed by atoms with Crippen LogP contribution in [0.15, 0.2) is 24.2 Å². The van der Waals surface area contributed by atoms with Crippen molar-refractivity contribution in [1.82, 2.24) is 14.5 Å². The van der Waals surface area contributed by atoms with Crippen LogP contribution >= 0.6 is 0 Å². The number of carbonyl (C=O) groups is 1. The van der Waals surface area contributed by atoms with Gasteiger partial charge in [-0.3, -0.25) is 4.79 Å². The van der Waals surface area contributed by atoms with Gasteiger partial charge >= 0.3 is 5.97 Å². The summed E-state index contributed by atoms with van der Waals surface area (Å²) in [6, 6.07) is 0. The van der Waals surface area contributed by atoms with Crippen LogP contribution in [0.25, 0.3) is 0 Å². The van der Waals surface area contributed by atoms with Gasteiger partial charge in [0.25, 0.3) is 0 Å². The molecule has 1 saturated carbocycles. The third kappa shape index (κ3) is 6.14. The lowest BCUT2D eigenvalue weighted by Gasteiger charge is -2.42. The van der Waals surface area contributed by atoms with E-state index < -0.39 is 0 Å². The van der Waals surface area contributed by atoms with E-state index in [9.17, 15) is 4.79 Å². The number of epoxide rings is 2. The van der Waals surface area contributed by atoms with Crippen molar-refractivity contribution in [1.29, 1.82) is 0 Å². The van der Waals surface area contributed by atoms with Gasteiger partial charge in [-0.2, -0.15) is 0 Å². The van der Waals surface area contributed by atoms with Gasteiger partial charge in [-0.15, -0.1) is 0 Å². The number of hydrogen-bond acceptors (Lipinski definition) is 7. The minimum Gasteiger partial charge on any atom is -0.460 e. The van der Waals surface area contributed by atoms with Gasteiger partial charge in [0.2, 0.25) is 0 Å². The molecule has 3 aliphatic heterocycles. The summed E-state index contributed by atoms with van der Waals surface area (Å²) in [6.07, 6.45) is 9.89. The Balaban J connectivity index is 1.23. The van der Waals surface area contributed by atoms with Gasteiger partial charge < -0.3 is 28.4 Å². The Hall–Kier alpha value is -1.74. The van der Waals surface area contributed by atoms with E-state index in [1.807, 2.05) is 6.33 Å². The van der Waals surface area contributed by atoms with Crippen molar-refractivity contribution in [3.63, 3.8) is 0 Å². The predicted molar refractivity (Wildman–Crippen MR) is 149 cm³/mol. The van der Waals surface area contributed by atoms with Gasteiger partial charge in [-0.05, 0) is 71.9 Å². The number of nitrogens with zero attached hydrogens (tertiary/aromatic N) is 3. The predicted octanol–water partition coefficient (Wildman–Crippen LogP) is 4.58. The van der Waals surface area contributed by atoms with E-state index in [0.717, 1.165) is 51.2 Å². The van der Waals surface area contributed by atoms with Crippen LogP contribution in [0.4, 0.5) is 0 Å². The molecule has 5 rings (SSSR count). The lowest BCUT2D eigenvalue weighted by atomic mass is 9.68. The maximum absolute atomic E-state index is 13.4. The number of hydrogen-bond donors (Lipinski definition) is 0. The Bertz CT molecular complexity index is 1040. The summed E-state index contributed by atoms with van der Waals surface area (Å²) in [5.74, 6) is 0.794. The summed E-state index contributed by atoms with van der Waals surface area (Å²) in [5, 5.41) is 0. The van der Waals surface area contributed by atoms with E-state index in [4.69, 9.17) is 23.9 Å². The first kappa shape index (κ1) is 28.8. The van der Waals surface area contributed by atoms with E-state index in [0.29, 0.717) is 12.3 Å². The van der Waals surface area contributed by atoms with Crippen molar-refractivity contribution in [3.8, 4) is 0 Å². The highest BCUT2D eigenvalue weighted by Crippen LogP contribution is 2.59. The standard InChI is InChI=1S/C31H49N3O5/c1-20(2)8-9-26-30(5,39-26)29-28(36-7)25(10-12-31(29)18-37-31)38-27(35)14-23(21(3)4)24-17-34(19-32-24)16-22-11-13-33(6)15-22/h8,17,19,21-23,25-26,28-29H,9-16,18H2,1-7H3/t22-,23+,25+,26+,28+,29+,30-,31-/m0/s1. The molecule has 8 nitrogen and oxygen atoms in total. The van der Waals surface area contributed by atoms with E-state index >= 15 is 0 Å². The van der Waals surface area contributed by atoms with Crippen LogP contribution in [0.2, 0.25) is 0 Å². The molecule has 8 heteroatoms. The molecule has 4 fully saturated rings. The molecule has 0 amide bonds. The second-order valence-electron chi connectivity index (χ2n) is 13.4. The highest BCUT2D eigenvalue weighted by Gasteiger charge is 2.72. The van der Waals surface area contributed by atoms with Crippen molar-refractivity contribution in [3.05, 3.63) is 29.9 Å². The molecule has 0 bridgehead atoms. The molecular formula is C31H49N3O5. The van der Waals surface area contributed by atoms with Crippen LogP contribution in [0.3, 0.4) is 0 Å². The minimum absolute atomic E-state index is 0.0150. The molecule has 1 aromatic rings. The fourth-order valence-corrected chi connectivity index (χ4v) is 7.29. The molecule has 0 N–H and O–H groups in total. The summed E-state index contributed by atoms with van der Waals surface area (Å²) in [7, 11) is 3.91. The maximum atomic E-state index is 13.4. The highest BCUT2D eigenvalue weighted by molar-refractivity contribution is 5.70. The summed E-state index contributed by atoms with van der Waals surface area (Å²) in [5.41, 5.74) is 1.71. The Morgan fingerprint density at radius 1 is 1.31 bits per heavy atom. The van der Waals surface area contributed by atoms with Gasteiger partial charge in [-0.25, -0.2) is 4.98 Å². The number of rotatable bonds is 11. The molecule has 218 valence electrons. The minimum atomic E-state index is -0.338. The van der Waals surface area contributed by atoms with Gasteiger partial charge in [0.05, 0.1) is 37.1 Å². The largest absolute Gasteiger partial charge is 0.460 e. The van der Waals surface area contributed by atoms with Crippen LogP contribution in [0.5, 0.6) is 0 Å². The van der Waals surface area contributed by atoms with Crippen molar-refractivity contribution in [2.75, 3.05) is 33.9 Å². The van der Waals surface area contributed by atoms with Crippen LogP contribution < -0.4 is 0 Å². The van der Waals surface area contributed by atoms with Crippen molar-refractivity contribution in [2.45, 2.75) is 109 Å². The molecule has 4 aliphatic rings. The first-order chi connectivity index (χ1) is 18.5. The number of allylic oxidation sites excluding steroid dienone is 1. The smallest absolute Gasteiger partial charge is 0.306 e. The number of methoxy groups -OCH3 is 1. The average Bonchev–Trinajstić information content (AvgIpc) is 3.66. The molecule has 0 unspecified atom stereocenters. The van der Waals surface area contributed by atoms with E-state index in [1.165, 1.54) is 12.0 Å². The highest BCUT2D eigenvalue weighted by atomic mass is 16.6. The molecule has 8 atom stereocenters. The molecule has 1 spiro atoms. The Kier molecular flexibility index (Phi) is 8.31. The van der Waals surface area contributed by atoms with Crippen molar-refractivity contribution < 1.29 is 23.7 Å². The first-order valence-corrected chi connectivity index (χ1v) is 14.9. The quantitative estimate of drug-likeness (QED) is 0.229. The molecule has 0 radical (unpaired) electrons. The number of esters is 1. The molecule has 1 aliphatic carbocycles. The van der Waals surface area contributed by atoms with Gasteiger partial charge in [0, 0.05) is 32.3 Å². The second kappa shape index (κ2) is 11.3. The average molecular weight is 544 g/mol. The number of aromatic nitrogens is 2. The number of carbonyl (C=O) groups excluding carboxylic acids is 1. The Morgan fingerprint density at radius 2 is 2.08 bits per heavy atom. The van der Waals surface area contributed by atoms with Crippen molar-refractivity contribution >= 4 is 5.97 Å². The van der Waals surface area contributed by atoms with Gasteiger partial charge in [0.1, 0.15) is 23.4 Å². The number of likely N-dealkylation sites (tertiary alicyclic amines) is 1. The summed E-state index contributed by atoms with van der Waals surface area (Å²) >= 11 is 0. The topological polar surface area (TPSA) is 81.7 Å². The van der Waals surface area contributed by atoms with Crippen LogP contribution in [-0.4, -0.2) is 83.8 Å². The van der Waals surface area contributed by atoms with Crippen molar-refractivity contribution in [2.24, 2.45) is 17.8 Å². The molecule has 0 aromatic carbocycles. The Morgan fingerprint density at radius 3 is 2.69 bits per heavy atom. The van der Waals surface area contributed by atoms with E-state index in [1.54, 1.807) is 7.11 Å². The summed E-state index contributed by atoms with van der Waals surface area (Å²) in [4.78, 5) is 20.5. The fraction of sp³-hybridized carbons (Fsp3) is 0.806. The molecular weight excluding hydrogens is 494 g/mol. The number of imidazole rings is 1. The third-order valence-electron chi connectivity index (χ3n) is 9.70. The van der Waals surface area contributed by atoms with Crippen LogP contribution in [0.1, 0.15) is 78.3 Å². The second-order valence-corrected chi connectivity index (χ2v) is 13.4. The Labute approximate surface area is 234 Å².